The number of carboxylic acid groups (broad SMARTS) is 1. The summed E-state index contributed by atoms with van der Waals surface area (Å²) in [6, 6.07) is 3.08. The first-order valence-electron chi connectivity index (χ1n) is 6.60. The Balaban J connectivity index is 2.84. The van der Waals surface area contributed by atoms with Crippen molar-refractivity contribution >= 4 is 17.7 Å². The summed E-state index contributed by atoms with van der Waals surface area (Å²) in [5.41, 5.74) is -0.301. The molecule has 0 saturated carbocycles. The van der Waals surface area contributed by atoms with Gasteiger partial charge in [0.15, 0.2) is 0 Å². The monoisotopic (exact) mass is 296 g/mol. The number of nitrogens with zero attached hydrogens (tertiary/aromatic N) is 1. The van der Waals surface area contributed by atoms with Crippen LogP contribution < -0.4 is 5.32 Å². The first-order valence-corrected chi connectivity index (χ1v) is 6.60. The Morgan fingerprint density at radius 3 is 2.33 bits per heavy atom. The van der Waals surface area contributed by atoms with Gasteiger partial charge in [0.25, 0.3) is 0 Å². The highest BCUT2D eigenvalue weighted by Crippen LogP contribution is 2.23. The molecule has 5 nitrogen and oxygen atoms in total. The van der Waals surface area contributed by atoms with E-state index in [4.69, 9.17) is 5.11 Å². The molecule has 1 aromatic carbocycles. The lowest BCUT2D eigenvalue weighted by molar-refractivity contribution is 0.0692. The number of carbonyl (C=O) groups excluding carboxylic acids is 1. The summed E-state index contributed by atoms with van der Waals surface area (Å²) in [5.74, 6) is -2.23. The molecule has 21 heavy (non-hydrogen) atoms. The number of carboxylic acids is 1. The van der Waals surface area contributed by atoms with E-state index in [-0.39, 0.29) is 23.2 Å². The number of hydrogen-bond donors (Lipinski definition) is 2. The first kappa shape index (κ1) is 16.9. The van der Waals surface area contributed by atoms with Gasteiger partial charge in [-0.25, -0.2) is 14.0 Å². The maximum absolute atomic E-state index is 13.6. The molecule has 1 atom stereocenters. The van der Waals surface area contributed by atoms with Crippen LogP contribution in [0.4, 0.5) is 14.9 Å². The standard InChI is InChI=1S/C15H21FN2O3/c1-9(15(2,3)4)18(5)14(21)17-10-6-7-11(13(19)20)12(16)8-10/h6-9H,1-5H3,(H,17,21)(H,19,20). The Bertz CT molecular complexity index is 552. The van der Waals surface area contributed by atoms with Crippen molar-refractivity contribution in [2.75, 3.05) is 12.4 Å². The molecule has 0 aromatic heterocycles. The quantitative estimate of drug-likeness (QED) is 0.898. The van der Waals surface area contributed by atoms with Gasteiger partial charge in [-0.15, -0.1) is 0 Å². The van der Waals surface area contributed by atoms with Gasteiger partial charge in [-0.2, -0.15) is 0 Å². The molecule has 1 aromatic rings. The van der Waals surface area contributed by atoms with E-state index in [0.717, 1.165) is 12.1 Å². The molecule has 6 heteroatoms. The third-order valence-electron chi connectivity index (χ3n) is 3.61. The summed E-state index contributed by atoms with van der Waals surface area (Å²) in [6.07, 6.45) is 0. The zero-order valence-electron chi connectivity index (χ0n) is 12.9. The smallest absolute Gasteiger partial charge is 0.338 e. The maximum atomic E-state index is 13.6. The van der Waals surface area contributed by atoms with Crippen LogP contribution in [0, 0.1) is 11.2 Å². The maximum Gasteiger partial charge on any atom is 0.338 e. The predicted molar refractivity (Wildman–Crippen MR) is 79.1 cm³/mol. The van der Waals surface area contributed by atoms with E-state index in [2.05, 4.69) is 5.32 Å². The van der Waals surface area contributed by atoms with Crippen LogP contribution in [0.5, 0.6) is 0 Å². The van der Waals surface area contributed by atoms with Crippen LogP contribution in [-0.4, -0.2) is 35.1 Å². The van der Waals surface area contributed by atoms with Crippen molar-refractivity contribution in [3.05, 3.63) is 29.6 Å². The zero-order chi connectivity index (χ0) is 16.4. The number of rotatable bonds is 3. The number of amides is 2. The summed E-state index contributed by atoms with van der Waals surface area (Å²) in [5, 5.41) is 11.3. The van der Waals surface area contributed by atoms with Gasteiger partial charge < -0.3 is 15.3 Å². The van der Waals surface area contributed by atoms with E-state index >= 15 is 0 Å². The lowest BCUT2D eigenvalue weighted by Gasteiger charge is -2.35. The summed E-state index contributed by atoms with van der Waals surface area (Å²) in [7, 11) is 1.66. The number of halogens is 1. The highest BCUT2D eigenvalue weighted by molar-refractivity contribution is 5.91. The number of benzene rings is 1. The van der Waals surface area contributed by atoms with E-state index in [9.17, 15) is 14.0 Å². The molecular formula is C15H21FN2O3. The Kier molecular flexibility index (Phi) is 4.93. The van der Waals surface area contributed by atoms with Crippen molar-refractivity contribution in [1.29, 1.82) is 0 Å². The van der Waals surface area contributed by atoms with E-state index < -0.39 is 17.3 Å². The van der Waals surface area contributed by atoms with Crippen molar-refractivity contribution in [2.45, 2.75) is 33.7 Å². The summed E-state index contributed by atoms with van der Waals surface area (Å²) >= 11 is 0. The van der Waals surface area contributed by atoms with E-state index in [0.29, 0.717) is 0 Å². The van der Waals surface area contributed by atoms with Crippen LogP contribution in [0.3, 0.4) is 0 Å². The van der Waals surface area contributed by atoms with Gasteiger partial charge in [0.1, 0.15) is 5.82 Å². The molecular weight excluding hydrogens is 275 g/mol. The van der Waals surface area contributed by atoms with E-state index in [1.54, 1.807) is 7.05 Å². The highest BCUT2D eigenvalue weighted by Gasteiger charge is 2.27. The molecule has 116 valence electrons. The zero-order valence-corrected chi connectivity index (χ0v) is 12.9. The number of carbonyl (C=O) groups is 2. The number of anilines is 1. The van der Waals surface area contributed by atoms with Crippen molar-refractivity contribution in [1.82, 2.24) is 4.90 Å². The second-order valence-corrected chi connectivity index (χ2v) is 6.08. The van der Waals surface area contributed by atoms with Crippen LogP contribution >= 0.6 is 0 Å². The fraction of sp³-hybridized carbons (Fsp3) is 0.467. The molecule has 0 spiro atoms. The van der Waals surface area contributed by atoms with Crippen LogP contribution in [0.2, 0.25) is 0 Å². The number of aromatic carboxylic acids is 1. The second-order valence-electron chi connectivity index (χ2n) is 6.08. The molecule has 0 bridgehead atoms. The molecule has 0 aliphatic carbocycles. The highest BCUT2D eigenvalue weighted by atomic mass is 19.1. The van der Waals surface area contributed by atoms with Gasteiger partial charge in [0.05, 0.1) is 5.56 Å². The Morgan fingerprint density at radius 1 is 1.33 bits per heavy atom. The Morgan fingerprint density at radius 2 is 1.90 bits per heavy atom. The normalized spacial score (nSPS) is 12.7. The number of nitrogens with one attached hydrogen (secondary N) is 1. The van der Waals surface area contributed by atoms with Gasteiger partial charge in [-0.05, 0) is 30.5 Å². The third-order valence-corrected chi connectivity index (χ3v) is 3.61. The molecule has 2 amide bonds. The molecule has 0 saturated heterocycles. The van der Waals surface area contributed by atoms with Crippen LogP contribution in [0.15, 0.2) is 18.2 Å². The summed E-state index contributed by atoms with van der Waals surface area (Å²) in [4.78, 5) is 24.4. The molecule has 0 fully saturated rings. The molecule has 0 radical (unpaired) electrons. The average Bonchev–Trinajstić information content (AvgIpc) is 2.35. The SMILES string of the molecule is CC(N(C)C(=O)Nc1ccc(C(=O)O)c(F)c1)C(C)(C)C. The van der Waals surface area contributed by atoms with E-state index in [1.807, 2.05) is 27.7 Å². The molecule has 1 rings (SSSR count). The largest absolute Gasteiger partial charge is 0.478 e. The van der Waals surface area contributed by atoms with Gasteiger partial charge in [0, 0.05) is 18.8 Å². The van der Waals surface area contributed by atoms with Gasteiger partial charge in [-0.1, -0.05) is 20.8 Å². The molecule has 1 unspecified atom stereocenters. The van der Waals surface area contributed by atoms with Gasteiger partial charge >= 0.3 is 12.0 Å². The fourth-order valence-electron chi connectivity index (χ4n) is 1.73. The molecule has 2 N–H and O–H groups in total. The Hall–Kier alpha value is -2.11. The number of hydrogen-bond acceptors (Lipinski definition) is 2. The first-order chi connectivity index (χ1) is 9.54. The fourth-order valence-corrected chi connectivity index (χ4v) is 1.73. The lowest BCUT2D eigenvalue weighted by Crippen LogP contribution is -2.44. The minimum atomic E-state index is -1.34. The Labute approximate surface area is 123 Å². The summed E-state index contributed by atoms with van der Waals surface area (Å²) < 4.78 is 13.6. The average molecular weight is 296 g/mol. The summed E-state index contributed by atoms with van der Waals surface area (Å²) in [6.45, 7) is 7.97. The van der Waals surface area contributed by atoms with Crippen molar-refractivity contribution in [2.24, 2.45) is 5.41 Å². The predicted octanol–water partition coefficient (Wildman–Crippen LogP) is 3.42. The topological polar surface area (TPSA) is 69.6 Å². The van der Waals surface area contributed by atoms with Crippen LogP contribution in [0.25, 0.3) is 0 Å². The van der Waals surface area contributed by atoms with Crippen LogP contribution in [-0.2, 0) is 0 Å². The third kappa shape index (κ3) is 4.18. The number of urea groups is 1. The van der Waals surface area contributed by atoms with E-state index in [1.165, 1.54) is 11.0 Å². The molecule has 0 aliphatic heterocycles. The lowest BCUT2D eigenvalue weighted by atomic mass is 9.87. The van der Waals surface area contributed by atoms with Crippen molar-refractivity contribution < 1.29 is 19.1 Å². The van der Waals surface area contributed by atoms with Gasteiger partial charge in [0.2, 0.25) is 0 Å². The van der Waals surface area contributed by atoms with Crippen molar-refractivity contribution in [3.63, 3.8) is 0 Å². The van der Waals surface area contributed by atoms with Gasteiger partial charge in [-0.3, -0.25) is 0 Å². The minimum absolute atomic E-state index is 0.0272. The van der Waals surface area contributed by atoms with Crippen molar-refractivity contribution in [3.8, 4) is 0 Å². The van der Waals surface area contributed by atoms with Crippen LogP contribution in [0.1, 0.15) is 38.1 Å². The molecule has 0 aliphatic rings. The minimum Gasteiger partial charge on any atom is -0.478 e. The molecule has 0 heterocycles. The second kappa shape index (κ2) is 6.11.